The van der Waals surface area contributed by atoms with Gasteiger partial charge in [0.25, 0.3) is 0 Å². The third-order valence-corrected chi connectivity index (χ3v) is 6.20. The van der Waals surface area contributed by atoms with Gasteiger partial charge in [0.15, 0.2) is 0 Å². The highest BCUT2D eigenvalue weighted by Crippen LogP contribution is 2.29. The van der Waals surface area contributed by atoms with Gasteiger partial charge >= 0.3 is 0 Å². The monoisotopic (exact) mass is 312 g/mol. The van der Waals surface area contributed by atoms with Crippen molar-refractivity contribution in [2.75, 3.05) is 13.2 Å². The molecule has 0 saturated carbocycles. The molecule has 3 N–H and O–H groups in total. The molecule has 1 aromatic carbocycles. The Morgan fingerprint density at radius 2 is 2.14 bits per heavy atom. The maximum Gasteiger partial charge on any atom is 0.243 e. The van der Waals surface area contributed by atoms with Gasteiger partial charge in [-0.3, -0.25) is 0 Å². The fourth-order valence-electron chi connectivity index (χ4n) is 2.90. The van der Waals surface area contributed by atoms with Gasteiger partial charge in [-0.2, -0.15) is 4.31 Å². The van der Waals surface area contributed by atoms with Crippen LogP contribution in [0.1, 0.15) is 36.8 Å². The minimum Gasteiger partial charge on any atom is -0.396 e. The molecule has 1 atom stereocenters. The van der Waals surface area contributed by atoms with E-state index in [2.05, 4.69) is 0 Å². The normalized spacial score (nSPS) is 20.6. The number of hydrogen-bond donors (Lipinski definition) is 2. The standard InChI is InChI=1S/C15H24N2O3S/c1-12-5-6-13(11-16)10-15(12)21(19,20)17-8-3-2-4-14(17)7-9-18/h5-6,10,14,18H,2-4,7-9,11,16H2,1H3. The number of benzene rings is 1. The van der Waals surface area contributed by atoms with E-state index in [1.54, 1.807) is 23.4 Å². The van der Waals surface area contributed by atoms with Gasteiger partial charge in [0, 0.05) is 25.7 Å². The zero-order valence-electron chi connectivity index (χ0n) is 12.5. The van der Waals surface area contributed by atoms with Crippen LogP contribution in [0.15, 0.2) is 23.1 Å². The molecule has 2 rings (SSSR count). The summed E-state index contributed by atoms with van der Waals surface area (Å²) in [4.78, 5) is 0.343. The van der Waals surface area contributed by atoms with Crippen LogP contribution in [0.4, 0.5) is 0 Å². The summed E-state index contributed by atoms with van der Waals surface area (Å²) in [6.45, 7) is 2.67. The van der Waals surface area contributed by atoms with Crippen LogP contribution in [0.3, 0.4) is 0 Å². The SMILES string of the molecule is Cc1ccc(CN)cc1S(=O)(=O)N1CCCCC1CCO. The van der Waals surface area contributed by atoms with Crippen LogP contribution < -0.4 is 5.73 Å². The Morgan fingerprint density at radius 1 is 1.38 bits per heavy atom. The van der Waals surface area contributed by atoms with Crippen molar-refractivity contribution in [3.05, 3.63) is 29.3 Å². The van der Waals surface area contributed by atoms with Crippen molar-refractivity contribution in [1.29, 1.82) is 0 Å². The number of aryl methyl sites for hydroxylation is 1. The molecule has 0 aliphatic carbocycles. The second-order valence-corrected chi connectivity index (χ2v) is 7.44. The molecule has 6 heteroatoms. The van der Waals surface area contributed by atoms with Gasteiger partial charge in [0.2, 0.25) is 10.0 Å². The maximum atomic E-state index is 13.0. The van der Waals surface area contributed by atoms with Gasteiger partial charge in [-0.15, -0.1) is 0 Å². The van der Waals surface area contributed by atoms with Crippen molar-refractivity contribution in [2.45, 2.75) is 50.1 Å². The van der Waals surface area contributed by atoms with Crippen LogP contribution in [0.25, 0.3) is 0 Å². The third kappa shape index (κ3) is 3.45. The Labute approximate surface area is 126 Å². The second kappa shape index (κ2) is 6.87. The van der Waals surface area contributed by atoms with E-state index in [0.717, 1.165) is 30.4 Å². The van der Waals surface area contributed by atoms with E-state index in [4.69, 9.17) is 5.73 Å². The van der Waals surface area contributed by atoms with Crippen molar-refractivity contribution < 1.29 is 13.5 Å². The van der Waals surface area contributed by atoms with Crippen LogP contribution >= 0.6 is 0 Å². The first kappa shape index (κ1) is 16.4. The molecule has 1 saturated heterocycles. The molecule has 1 fully saturated rings. The van der Waals surface area contributed by atoms with E-state index in [0.29, 0.717) is 24.4 Å². The summed E-state index contributed by atoms with van der Waals surface area (Å²) in [7, 11) is -3.53. The second-order valence-electron chi connectivity index (χ2n) is 5.58. The molecule has 0 amide bonds. The van der Waals surface area contributed by atoms with E-state index in [-0.39, 0.29) is 12.6 Å². The Morgan fingerprint density at radius 3 is 2.81 bits per heavy atom. The fraction of sp³-hybridized carbons (Fsp3) is 0.600. The smallest absolute Gasteiger partial charge is 0.243 e. The fourth-order valence-corrected chi connectivity index (χ4v) is 4.90. The minimum absolute atomic E-state index is 0.0124. The van der Waals surface area contributed by atoms with E-state index in [9.17, 15) is 13.5 Å². The number of rotatable bonds is 5. The summed E-state index contributed by atoms with van der Waals surface area (Å²) in [5, 5.41) is 9.17. The van der Waals surface area contributed by atoms with Gasteiger partial charge in [-0.25, -0.2) is 8.42 Å². The highest BCUT2D eigenvalue weighted by Gasteiger charge is 2.33. The van der Waals surface area contributed by atoms with Gasteiger partial charge < -0.3 is 10.8 Å². The number of sulfonamides is 1. The molecule has 1 heterocycles. The number of aliphatic hydroxyl groups excluding tert-OH is 1. The van der Waals surface area contributed by atoms with Crippen molar-refractivity contribution in [1.82, 2.24) is 4.31 Å². The molecule has 1 aliphatic heterocycles. The summed E-state index contributed by atoms with van der Waals surface area (Å²) < 4.78 is 27.5. The van der Waals surface area contributed by atoms with Crippen LogP contribution in [-0.2, 0) is 16.6 Å². The lowest BCUT2D eigenvalue weighted by Crippen LogP contribution is -2.44. The molecule has 1 aliphatic rings. The number of aliphatic hydroxyl groups is 1. The van der Waals surface area contributed by atoms with Crippen molar-refractivity contribution >= 4 is 10.0 Å². The van der Waals surface area contributed by atoms with Crippen molar-refractivity contribution in [2.24, 2.45) is 5.73 Å². The highest BCUT2D eigenvalue weighted by molar-refractivity contribution is 7.89. The molecule has 1 unspecified atom stereocenters. The third-order valence-electron chi connectivity index (χ3n) is 4.11. The molecule has 118 valence electrons. The lowest BCUT2D eigenvalue weighted by Gasteiger charge is -2.34. The first-order chi connectivity index (χ1) is 10.0. The Hall–Kier alpha value is -0.950. The van der Waals surface area contributed by atoms with Crippen molar-refractivity contribution in [3.8, 4) is 0 Å². The minimum atomic E-state index is -3.53. The van der Waals surface area contributed by atoms with Crippen LogP contribution in [-0.4, -0.2) is 37.0 Å². The average molecular weight is 312 g/mol. The Bertz CT molecular complexity index is 585. The first-order valence-electron chi connectivity index (χ1n) is 7.43. The topological polar surface area (TPSA) is 83.6 Å². The molecule has 0 radical (unpaired) electrons. The molecule has 0 bridgehead atoms. The predicted molar refractivity (Wildman–Crippen MR) is 82.3 cm³/mol. The lowest BCUT2D eigenvalue weighted by atomic mass is 10.0. The maximum absolute atomic E-state index is 13.0. The van der Waals surface area contributed by atoms with E-state index >= 15 is 0 Å². The summed E-state index contributed by atoms with van der Waals surface area (Å²) in [5.74, 6) is 0. The van der Waals surface area contributed by atoms with E-state index < -0.39 is 10.0 Å². The zero-order valence-corrected chi connectivity index (χ0v) is 13.3. The highest BCUT2D eigenvalue weighted by atomic mass is 32.2. The molecule has 0 aromatic heterocycles. The number of nitrogens with two attached hydrogens (primary N) is 1. The molecule has 5 nitrogen and oxygen atoms in total. The lowest BCUT2D eigenvalue weighted by molar-refractivity contribution is 0.192. The molecule has 1 aromatic rings. The van der Waals surface area contributed by atoms with Gasteiger partial charge in [-0.1, -0.05) is 18.6 Å². The Balaban J connectivity index is 2.40. The molecule has 0 spiro atoms. The predicted octanol–water partition coefficient (Wildman–Crippen LogP) is 1.38. The number of piperidine rings is 1. The zero-order chi connectivity index (χ0) is 15.5. The summed E-state index contributed by atoms with van der Waals surface area (Å²) in [6.07, 6.45) is 3.19. The first-order valence-corrected chi connectivity index (χ1v) is 8.87. The van der Waals surface area contributed by atoms with Crippen LogP contribution in [0, 0.1) is 6.92 Å². The van der Waals surface area contributed by atoms with Gasteiger partial charge in [0.1, 0.15) is 0 Å². The Kier molecular flexibility index (Phi) is 5.37. The van der Waals surface area contributed by atoms with Crippen molar-refractivity contribution in [3.63, 3.8) is 0 Å². The largest absolute Gasteiger partial charge is 0.396 e. The number of nitrogens with zero attached hydrogens (tertiary/aromatic N) is 1. The van der Waals surface area contributed by atoms with Gasteiger partial charge in [0.05, 0.1) is 4.90 Å². The van der Waals surface area contributed by atoms with E-state index in [1.807, 2.05) is 6.07 Å². The average Bonchev–Trinajstić information content (AvgIpc) is 2.48. The number of hydrogen-bond acceptors (Lipinski definition) is 4. The summed E-state index contributed by atoms with van der Waals surface area (Å²) in [5.41, 5.74) is 7.18. The summed E-state index contributed by atoms with van der Waals surface area (Å²) in [6, 6.07) is 5.24. The quantitative estimate of drug-likeness (QED) is 0.860. The van der Waals surface area contributed by atoms with Gasteiger partial charge in [-0.05, 0) is 43.4 Å². The molecular formula is C15H24N2O3S. The van der Waals surface area contributed by atoms with Crippen LogP contribution in [0.2, 0.25) is 0 Å². The molecule has 21 heavy (non-hydrogen) atoms. The molecular weight excluding hydrogens is 288 g/mol. The van der Waals surface area contributed by atoms with Crippen LogP contribution in [0.5, 0.6) is 0 Å². The van der Waals surface area contributed by atoms with E-state index in [1.165, 1.54) is 0 Å². The summed E-state index contributed by atoms with van der Waals surface area (Å²) >= 11 is 0.